The van der Waals surface area contributed by atoms with Crippen LogP contribution in [0, 0.1) is 0 Å². The van der Waals surface area contributed by atoms with Crippen molar-refractivity contribution in [2.24, 2.45) is 0 Å². The summed E-state index contributed by atoms with van der Waals surface area (Å²) in [5.74, 6) is -0.578. The van der Waals surface area contributed by atoms with Crippen molar-refractivity contribution in [3.8, 4) is 0 Å². The van der Waals surface area contributed by atoms with Crippen LogP contribution in [0.1, 0.15) is 43.1 Å². The van der Waals surface area contributed by atoms with Gasteiger partial charge in [-0.25, -0.2) is 8.42 Å². The van der Waals surface area contributed by atoms with Crippen molar-refractivity contribution in [1.82, 2.24) is 14.1 Å². The van der Waals surface area contributed by atoms with Crippen molar-refractivity contribution >= 4 is 21.6 Å². The van der Waals surface area contributed by atoms with E-state index in [1.165, 1.54) is 35.5 Å². The number of rotatable bonds is 6. The molecule has 2 fully saturated rings. The maximum atomic E-state index is 13.1. The average Bonchev–Trinajstić information content (AvgIpc) is 3.51. The van der Waals surface area contributed by atoms with Gasteiger partial charge >= 0.3 is 6.18 Å². The molecular formula is C20H23F3N4O4S. The van der Waals surface area contributed by atoms with Gasteiger partial charge in [0.2, 0.25) is 15.9 Å². The zero-order chi connectivity index (χ0) is 23.1. The number of nitrogens with zero attached hydrogens (tertiary/aromatic N) is 3. The molecule has 1 N–H and O–H groups in total. The number of amides is 1. The van der Waals surface area contributed by atoms with E-state index in [4.69, 9.17) is 4.74 Å². The molecule has 0 spiro atoms. The number of aromatic nitrogens is 2. The molecule has 2 aliphatic rings. The topological polar surface area (TPSA) is 93.5 Å². The summed E-state index contributed by atoms with van der Waals surface area (Å²) in [7, 11) is -3.67. The first-order chi connectivity index (χ1) is 15.1. The van der Waals surface area contributed by atoms with Crippen molar-refractivity contribution in [3.05, 3.63) is 41.7 Å². The second kappa shape index (κ2) is 8.49. The molecule has 1 unspecified atom stereocenters. The molecule has 4 rings (SSSR count). The zero-order valence-corrected chi connectivity index (χ0v) is 18.1. The summed E-state index contributed by atoms with van der Waals surface area (Å²) in [6.45, 7) is 2.68. The largest absolute Gasteiger partial charge is 0.435 e. The summed E-state index contributed by atoms with van der Waals surface area (Å²) in [4.78, 5) is 12.8. The molecule has 1 saturated heterocycles. The smallest absolute Gasteiger partial charge is 0.379 e. The Hall–Kier alpha value is -2.44. The molecule has 174 valence electrons. The number of anilines is 1. The Morgan fingerprint density at radius 2 is 1.81 bits per heavy atom. The highest BCUT2D eigenvalue weighted by Crippen LogP contribution is 2.43. The third-order valence-corrected chi connectivity index (χ3v) is 7.44. The number of nitrogens with one attached hydrogen (secondary N) is 1. The summed E-state index contributed by atoms with van der Waals surface area (Å²) in [6.07, 6.45) is -3.07. The van der Waals surface area contributed by atoms with Gasteiger partial charge in [-0.2, -0.15) is 22.6 Å². The Kier molecular flexibility index (Phi) is 6.03. The molecule has 0 bridgehead atoms. The Morgan fingerprint density at radius 3 is 2.38 bits per heavy atom. The molecule has 12 heteroatoms. The van der Waals surface area contributed by atoms with Gasteiger partial charge < -0.3 is 10.1 Å². The van der Waals surface area contributed by atoms with Crippen LogP contribution in [0.3, 0.4) is 0 Å². The normalized spacial score (nSPS) is 19.0. The van der Waals surface area contributed by atoms with E-state index in [1.54, 1.807) is 0 Å². The third-order valence-electron chi connectivity index (χ3n) is 5.53. The number of hydrogen-bond donors (Lipinski definition) is 1. The number of hydrogen-bond acceptors (Lipinski definition) is 5. The lowest BCUT2D eigenvalue weighted by atomic mass is 10.2. The monoisotopic (exact) mass is 472 g/mol. The van der Waals surface area contributed by atoms with Crippen LogP contribution in [0.25, 0.3) is 0 Å². The molecule has 2 aromatic rings. The van der Waals surface area contributed by atoms with Crippen LogP contribution in [-0.4, -0.2) is 54.7 Å². The number of halogens is 3. The van der Waals surface area contributed by atoms with Crippen LogP contribution in [0.4, 0.5) is 18.9 Å². The van der Waals surface area contributed by atoms with E-state index in [9.17, 15) is 26.4 Å². The van der Waals surface area contributed by atoms with Crippen LogP contribution < -0.4 is 5.32 Å². The molecule has 8 nitrogen and oxygen atoms in total. The van der Waals surface area contributed by atoms with Gasteiger partial charge in [0.05, 0.1) is 18.1 Å². The van der Waals surface area contributed by atoms with Gasteiger partial charge in [-0.3, -0.25) is 9.48 Å². The molecule has 1 aromatic heterocycles. The zero-order valence-electron chi connectivity index (χ0n) is 17.3. The maximum absolute atomic E-state index is 13.1. The lowest BCUT2D eigenvalue weighted by molar-refractivity contribution is -0.141. The SMILES string of the molecule is CC(C(=O)Nc1ccc(S(=O)(=O)N2CCOCC2)cc1)n1nc(C(F)(F)F)cc1C1CC1. The summed E-state index contributed by atoms with van der Waals surface area (Å²) in [5, 5.41) is 6.26. The number of ether oxygens (including phenoxy) is 1. The Labute approximate surface area is 183 Å². The van der Waals surface area contributed by atoms with Crippen LogP contribution in [0.15, 0.2) is 35.2 Å². The van der Waals surface area contributed by atoms with Gasteiger partial charge in [0.15, 0.2) is 5.69 Å². The van der Waals surface area contributed by atoms with Crippen molar-refractivity contribution < 1.29 is 31.1 Å². The van der Waals surface area contributed by atoms with Crippen LogP contribution in [-0.2, 0) is 25.7 Å². The highest BCUT2D eigenvalue weighted by Gasteiger charge is 2.39. The highest BCUT2D eigenvalue weighted by molar-refractivity contribution is 7.89. The molecule has 1 aliphatic carbocycles. The molecule has 0 radical (unpaired) electrons. The lowest BCUT2D eigenvalue weighted by Crippen LogP contribution is -2.40. The fraction of sp³-hybridized carbons (Fsp3) is 0.500. The number of alkyl halides is 3. The Balaban J connectivity index is 1.48. The summed E-state index contributed by atoms with van der Waals surface area (Å²) in [5.41, 5.74) is -0.289. The van der Waals surface area contributed by atoms with Crippen molar-refractivity contribution in [3.63, 3.8) is 0 Å². The van der Waals surface area contributed by atoms with Crippen molar-refractivity contribution in [1.29, 1.82) is 0 Å². The van der Waals surface area contributed by atoms with Crippen molar-refractivity contribution in [2.75, 3.05) is 31.6 Å². The van der Waals surface area contributed by atoms with Gasteiger partial charge in [-0.1, -0.05) is 0 Å². The predicted octanol–water partition coefficient (Wildman–Crippen LogP) is 3.00. The van der Waals surface area contributed by atoms with E-state index in [-0.39, 0.29) is 23.9 Å². The van der Waals surface area contributed by atoms with E-state index in [1.807, 2.05) is 0 Å². The Bertz CT molecular complexity index is 1090. The van der Waals surface area contributed by atoms with Gasteiger partial charge in [-0.15, -0.1) is 0 Å². The van der Waals surface area contributed by atoms with Gasteiger partial charge in [-0.05, 0) is 50.1 Å². The first-order valence-electron chi connectivity index (χ1n) is 10.2. The highest BCUT2D eigenvalue weighted by atomic mass is 32.2. The third kappa shape index (κ3) is 4.66. The number of carbonyl (C=O) groups excluding carboxylic acids is 1. The molecule has 1 atom stereocenters. The number of sulfonamides is 1. The molecule has 1 amide bonds. The molecule has 1 aliphatic heterocycles. The fourth-order valence-corrected chi connectivity index (χ4v) is 4.95. The molecule has 1 saturated carbocycles. The van der Waals surface area contributed by atoms with E-state index >= 15 is 0 Å². The average molecular weight is 472 g/mol. The van der Waals surface area contributed by atoms with E-state index in [0.29, 0.717) is 24.6 Å². The maximum Gasteiger partial charge on any atom is 0.435 e. The van der Waals surface area contributed by atoms with Gasteiger partial charge in [0.25, 0.3) is 0 Å². The van der Waals surface area contributed by atoms with Crippen molar-refractivity contribution in [2.45, 2.75) is 42.8 Å². The number of carbonyl (C=O) groups is 1. The molecule has 1 aromatic carbocycles. The second-order valence-electron chi connectivity index (χ2n) is 7.88. The minimum Gasteiger partial charge on any atom is -0.379 e. The Morgan fingerprint density at radius 1 is 1.19 bits per heavy atom. The predicted molar refractivity (Wildman–Crippen MR) is 109 cm³/mol. The first kappa shape index (κ1) is 22.7. The van der Waals surface area contributed by atoms with E-state index < -0.39 is 33.8 Å². The van der Waals surface area contributed by atoms with Crippen LogP contribution >= 0.6 is 0 Å². The molecular weight excluding hydrogens is 449 g/mol. The summed E-state index contributed by atoms with van der Waals surface area (Å²) < 4.78 is 72.3. The van der Waals surface area contributed by atoms with Gasteiger partial charge in [0, 0.05) is 30.4 Å². The summed E-state index contributed by atoms with van der Waals surface area (Å²) in [6, 6.07) is 5.70. The quantitative estimate of drug-likeness (QED) is 0.698. The van der Waals surface area contributed by atoms with Crippen LogP contribution in [0.2, 0.25) is 0 Å². The standard InChI is InChI=1S/C20H23F3N4O4S/c1-13(27-17(14-2-3-14)12-18(25-27)20(21,22)23)19(28)24-15-4-6-16(7-5-15)32(29,30)26-8-10-31-11-9-26/h4-7,12-14H,2-3,8-11H2,1H3,(H,24,28). The van der Waals surface area contributed by atoms with E-state index in [2.05, 4.69) is 10.4 Å². The molecule has 2 heterocycles. The lowest BCUT2D eigenvalue weighted by Gasteiger charge is -2.26. The van der Waals surface area contributed by atoms with E-state index in [0.717, 1.165) is 23.6 Å². The first-order valence-corrected chi connectivity index (χ1v) is 11.7. The fourth-order valence-electron chi connectivity index (χ4n) is 3.55. The summed E-state index contributed by atoms with van der Waals surface area (Å²) >= 11 is 0. The second-order valence-corrected chi connectivity index (χ2v) is 9.82. The minimum atomic E-state index is -4.59. The van der Waals surface area contributed by atoms with Crippen LogP contribution in [0.5, 0.6) is 0 Å². The minimum absolute atomic E-state index is 0.0291. The van der Waals surface area contributed by atoms with Gasteiger partial charge in [0.1, 0.15) is 6.04 Å². The number of morpholine rings is 1. The number of benzene rings is 1. The molecule has 32 heavy (non-hydrogen) atoms.